The van der Waals surface area contributed by atoms with Crippen molar-refractivity contribution in [3.05, 3.63) is 23.8 Å². The van der Waals surface area contributed by atoms with Gasteiger partial charge in [0.1, 0.15) is 12.0 Å². The van der Waals surface area contributed by atoms with Crippen LogP contribution in [0.1, 0.15) is 16.1 Å². The molecule has 0 fully saturated rings. The minimum absolute atomic E-state index is 0.0551. The van der Waals surface area contributed by atoms with Crippen LogP contribution in [0.2, 0.25) is 0 Å². The van der Waals surface area contributed by atoms with Gasteiger partial charge >= 0.3 is 5.97 Å². The molecule has 2 aromatic heterocycles. The molecule has 0 aliphatic heterocycles. The van der Waals surface area contributed by atoms with E-state index in [1.165, 1.54) is 24.3 Å². The average Bonchev–Trinajstić information content (AvgIpc) is 2.71. The van der Waals surface area contributed by atoms with Gasteiger partial charge in [0.2, 0.25) is 0 Å². The molecule has 1 N–H and O–H groups in total. The SMILES string of the molecule is Cc1cocc1-c1nnn(C)c1C(=O)O. The third-order valence-corrected chi connectivity index (χ3v) is 2.14. The van der Waals surface area contributed by atoms with Gasteiger partial charge in [-0.3, -0.25) is 0 Å². The molecule has 15 heavy (non-hydrogen) atoms. The first-order valence-corrected chi connectivity index (χ1v) is 4.27. The van der Waals surface area contributed by atoms with Crippen LogP contribution >= 0.6 is 0 Å². The molecule has 0 unspecified atom stereocenters. The summed E-state index contributed by atoms with van der Waals surface area (Å²) in [6.07, 6.45) is 3.00. The third kappa shape index (κ3) is 1.39. The van der Waals surface area contributed by atoms with Crippen molar-refractivity contribution in [2.24, 2.45) is 7.05 Å². The molecule has 0 radical (unpaired) electrons. The fourth-order valence-corrected chi connectivity index (χ4v) is 1.38. The number of nitrogens with zero attached hydrogens (tertiary/aromatic N) is 3. The predicted octanol–water partition coefficient (Wildman–Crippen LogP) is 1.08. The lowest BCUT2D eigenvalue weighted by atomic mass is 10.1. The van der Waals surface area contributed by atoms with Crippen LogP contribution in [0.4, 0.5) is 0 Å². The molecule has 0 aromatic carbocycles. The number of furan rings is 1. The van der Waals surface area contributed by atoms with Crippen molar-refractivity contribution < 1.29 is 14.3 Å². The highest BCUT2D eigenvalue weighted by molar-refractivity contribution is 5.93. The van der Waals surface area contributed by atoms with E-state index in [0.29, 0.717) is 11.3 Å². The highest BCUT2D eigenvalue weighted by Gasteiger charge is 2.21. The van der Waals surface area contributed by atoms with E-state index in [4.69, 9.17) is 9.52 Å². The van der Waals surface area contributed by atoms with Crippen LogP contribution in [0.3, 0.4) is 0 Å². The average molecular weight is 207 g/mol. The van der Waals surface area contributed by atoms with Crippen molar-refractivity contribution in [3.8, 4) is 11.3 Å². The van der Waals surface area contributed by atoms with Gasteiger partial charge in [0, 0.05) is 12.6 Å². The van der Waals surface area contributed by atoms with Gasteiger partial charge in [0.05, 0.1) is 6.26 Å². The van der Waals surface area contributed by atoms with Crippen molar-refractivity contribution in [3.63, 3.8) is 0 Å². The lowest BCUT2D eigenvalue weighted by Gasteiger charge is -1.96. The second-order valence-corrected chi connectivity index (χ2v) is 3.18. The number of aryl methyl sites for hydroxylation is 2. The molecule has 2 aromatic rings. The van der Waals surface area contributed by atoms with Crippen molar-refractivity contribution in [1.82, 2.24) is 15.0 Å². The summed E-state index contributed by atoms with van der Waals surface area (Å²) in [5, 5.41) is 16.5. The number of hydrogen-bond donors (Lipinski definition) is 1. The van der Waals surface area contributed by atoms with Gasteiger partial charge in [-0.05, 0) is 12.5 Å². The normalized spacial score (nSPS) is 10.5. The molecule has 6 nitrogen and oxygen atoms in total. The smallest absolute Gasteiger partial charge is 0.356 e. The molecule has 0 amide bonds. The maximum absolute atomic E-state index is 11.0. The molecule has 0 atom stereocenters. The van der Waals surface area contributed by atoms with Crippen molar-refractivity contribution >= 4 is 5.97 Å². The molecule has 0 bridgehead atoms. The number of aromatic nitrogens is 3. The van der Waals surface area contributed by atoms with E-state index in [-0.39, 0.29) is 5.69 Å². The van der Waals surface area contributed by atoms with E-state index in [9.17, 15) is 4.79 Å². The van der Waals surface area contributed by atoms with Crippen LogP contribution in [0, 0.1) is 6.92 Å². The summed E-state index contributed by atoms with van der Waals surface area (Å²) in [6, 6.07) is 0. The minimum atomic E-state index is -1.06. The zero-order valence-corrected chi connectivity index (χ0v) is 8.26. The maximum Gasteiger partial charge on any atom is 0.356 e. The van der Waals surface area contributed by atoms with E-state index in [1.54, 1.807) is 0 Å². The Morgan fingerprint density at radius 1 is 1.53 bits per heavy atom. The summed E-state index contributed by atoms with van der Waals surface area (Å²) >= 11 is 0. The summed E-state index contributed by atoms with van der Waals surface area (Å²) in [4.78, 5) is 11.0. The standard InChI is InChI=1S/C9H9N3O3/c1-5-3-15-4-6(5)7-8(9(13)14)12(2)11-10-7/h3-4H,1-2H3,(H,13,14). The fourth-order valence-electron chi connectivity index (χ4n) is 1.38. The zero-order chi connectivity index (χ0) is 11.0. The number of carbonyl (C=O) groups is 1. The Labute approximate surface area is 85.1 Å². The summed E-state index contributed by atoms with van der Waals surface area (Å²) < 4.78 is 6.20. The number of hydrogen-bond acceptors (Lipinski definition) is 4. The van der Waals surface area contributed by atoms with Gasteiger partial charge in [0.25, 0.3) is 0 Å². The Kier molecular flexibility index (Phi) is 2.03. The van der Waals surface area contributed by atoms with Crippen LogP contribution in [0.5, 0.6) is 0 Å². The topological polar surface area (TPSA) is 81.2 Å². The highest BCUT2D eigenvalue weighted by atomic mass is 16.4. The molecule has 0 saturated carbocycles. The van der Waals surface area contributed by atoms with Crippen LogP contribution in [-0.4, -0.2) is 26.1 Å². The molecule has 0 saturated heterocycles. The molecule has 0 aliphatic carbocycles. The molecule has 0 spiro atoms. The maximum atomic E-state index is 11.0. The Morgan fingerprint density at radius 3 is 2.80 bits per heavy atom. The first-order chi connectivity index (χ1) is 7.11. The summed E-state index contributed by atoms with van der Waals surface area (Å²) in [7, 11) is 1.54. The quantitative estimate of drug-likeness (QED) is 0.796. The summed E-state index contributed by atoms with van der Waals surface area (Å²) in [5.74, 6) is -1.06. The van der Waals surface area contributed by atoms with Crippen LogP contribution in [0.15, 0.2) is 16.9 Å². The Balaban J connectivity index is 2.64. The minimum Gasteiger partial charge on any atom is -0.476 e. The Hall–Kier alpha value is -2.11. The van der Waals surface area contributed by atoms with E-state index in [1.807, 2.05) is 6.92 Å². The number of carboxylic acid groups (broad SMARTS) is 1. The van der Waals surface area contributed by atoms with Gasteiger partial charge in [-0.1, -0.05) is 5.21 Å². The monoisotopic (exact) mass is 207 g/mol. The summed E-state index contributed by atoms with van der Waals surface area (Å²) in [6.45, 7) is 1.82. The van der Waals surface area contributed by atoms with Crippen LogP contribution in [-0.2, 0) is 7.05 Å². The molecule has 78 valence electrons. The number of rotatable bonds is 2. The molecule has 2 heterocycles. The first-order valence-electron chi connectivity index (χ1n) is 4.27. The Morgan fingerprint density at radius 2 is 2.27 bits per heavy atom. The van der Waals surface area contributed by atoms with Crippen LogP contribution < -0.4 is 0 Å². The summed E-state index contributed by atoms with van der Waals surface area (Å²) in [5.41, 5.74) is 1.87. The van der Waals surface area contributed by atoms with Gasteiger partial charge in [-0.15, -0.1) is 5.10 Å². The molecular weight excluding hydrogens is 198 g/mol. The Bertz CT molecular complexity index is 512. The molecule has 0 aliphatic rings. The van der Waals surface area contributed by atoms with Crippen LogP contribution in [0.25, 0.3) is 11.3 Å². The van der Waals surface area contributed by atoms with Crippen molar-refractivity contribution in [1.29, 1.82) is 0 Å². The third-order valence-electron chi connectivity index (χ3n) is 2.14. The van der Waals surface area contributed by atoms with Gasteiger partial charge in [-0.2, -0.15) is 0 Å². The first kappa shape index (κ1) is 9.45. The molecular formula is C9H9N3O3. The highest BCUT2D eigenvalue weighted by Crippen LogP contribution is 2.24. The number of carboxylic acids is 1. The second-order valence-electron chi connectivity index (χ2n) is 3.18. The van der Waals surface area contributed by atoms with Gasteiger partial charge in [0.15, 0.2) is 5.69 Å². The number of aromatic carboxylic acids is 1. The zero-order valence-electron chi connectivity index (χ0n) is 8.26. The second kappa shape index (κ2) is 3.23. The lowest BCUT2D eigenvalue weighted by molar-refractivity contribution is 0.0686. The fraction of sp³-hybridized carbons (Fsp3) is 0.222. The van der Waals surface area contributed by atoms with Gasteiger partial charge < -0.3 is 9.52 Å². The van der Waals surface area contributed by atoms with E-state index >= 15 is 0 Å². The van der Waals surface area contributed by atoms with Crippen molar-refractivity contribution in [2.75, 3.05) is 0 Å². The van der Waals surface area contributed by atoms with E-state index < -0.39 is 5.97 Å². The van der Waals surface area contributed by atoms with Gasteiger partial charge in [-0.25, -0.2) is 9.48 Å². The lowest BCUT2D eigenvalue weighted by Crippen LogP contribution is -2.06. The molecule has 6 heteroatoms. The van der Waals surface area contributed by atoms with E-state index in [2.05, 4.69) is 10.3 Å². The predicted molar refractivity (Wildman–Crippen MR) is 50.4 cm³/mol. The van der Waals surface area contributed by atoms with Crippen molar-refractivity contribution in [2.45, 2.75) is 6.92 Å². The van der Waals surface area contributed by atoms with E-state index in [0.717, 1.165) is 5.56 Å². The largest absolute Gasteiger partial charge is 0.476 e. The molecule has 2 rings (SSSR count).